The zero-order valence-electron chi connectivity index (χ0n) is 11.3. The van der Waals surface area contributed by atoms with Crippen molar-refractivity contribution < 1.29 is 9.53 Å². The van der Waals surface area contributed by atoms with Crippen LogP contribution in [0.4, 0.5) is 4.79 Å². The van der Waals surface area contributed by atoms with Crippen LogP contribution >= 0.6 is 0 Å². The van der Waals surface area contributed by atoms with Gasteiger partial charge in [0.2, 0.25) is 0 Å². The lowest BCUT2D eigenvalue weighted by Gasteiger charge is -2.21. The van der Waals surface area contributed by atoms with E-state index in [0.717, 1.165) is 31.4 Å². The van der Waals surface area contributed by atoms with Gasteiger partial charge in [0.1, 0.15) is 0 Å². The van der Waals surface area contributed by atoms with E-state index in [2.05, 4.69) is 10.3 Å². The van der Waals surface area contributed by atoms with E-state index >= 15 is 0 Å². The summed E-state index contributed by atoms with van der Waals surface area (Å²) in [6, 6.07) is 3.87. The topological polar surface area (TPSA) is 54.5 Å². The molecule has 1 aliphatic rings. The quantitative estimate of drug-likeness (QED) is 0.874. The highest BCUT2D eigenvalue weighted by Gasteiger charge is 2.19. The lowest BCUT2D eigenvalue weighted by atomic mass is 10.2. The van der Waals surface area contributed by atoms with Crippen LogP contribution in [0.15, 0.2) is 24.5 Å². The van der Waals surface area contributed by atoms with Crippen molar-refractivity contribution in [2.75, 3.05) is 26.7 Å². The molecular weight excluding hydrogens is 242 g/mol. The Kier molecular flexibility index (Phi) is 5.15. The van der Waals surface area contributed by atoms with Crippen molar-refractivity contribution in [1.29, 1.82) is 0 Å². The second-order valence-corrected chi connectivity index (χ2v) is 4.86. The Morgan fingerprint density at radius 3 is 3.21 bits per heavy atom. The summed E-state index contributed by atoms with van der Waals surface area (Å²) >= 11 is 0. The average molecular weight is 263 g/mol. The van der Waals surface area contributed by atoms with Crippen LogP contribution in [0.25, 0.3) is 0 Å². The highest BCUT2D eigenvalue weighted by atomic mass is 16.5. The molecule has 1 aromatic heterocycles. The number of hydrogen-bond acceptors (Lipinski definition) is 3. The molecule has 5 nitrogen and oxygen atoms in total. The van der Waals surface area contributed by atoms with Gasteiger partial charge in [-0.3, -0.25) is 4.98 Å². The van der Waals surface area contributed by atoms with Gasteiger partial charge in [0.15, 0.2) is 0 Å². The number of carbonyl (C=O) groups is 1. The molecule has 2 amide bonds. The molecule has 1 unspecified atom stereocenters. The molecule has 1 N–H and O–H groups in total. The first kappa shape index (κ1) is 13.8. The minimum absolute atomic E-state index is 0.0422. The monoisotopic (exact) mass is 263 g/mol. The summed E-state index contributed by atoms with van der Waals surface area (Å²) in [6.07, 6.45) is 6.72. The molecule has 5 heteroatoms. The Morgan fingerprint density at radius 1 is 1.63 bits per heavy atom. The van der Waals surface area contributed by atoms with Crippen LogP contribution in [-0.4, -0.2) is 48.8 Å². The van der Waals surface area contributed by atoms with Crippen molar-refractivity contribution in [3.05, 3.63) is 30.1 Å². The van der Waals surface area contributed by atoms with Gasteiger partial charge in [0, 0.05) is 39.1 Å². The predicted molar refractivity (Wildman–Crippen MR) is 72.9 cm³/mol. The third-order valence-corrected chi connectivity index (χ3v) is 3.26. The third kappa shape index (κ3) is 4.52. The lowest BCUT2D eigenvalue weighted by Crippen LogP contribution is -2.41. The number of amides is 2. The largest absolute Gasteiger partial charge is 0.376 e. The fourth-order valence-corrected chi connectivity index (χ4v) is 2.17. The van der Waals surface area contributed by atoms with E-state index in [9.17, 15) is 4.79 Å². The van der Waals surface area contributed by atoms with Crippen molar-refractivity contribution in [3.63, 3.8) is 0 Å². The zero-order valence-corrected chi connectivity index (χ0v) is 11.3. The Labute approximate surface area is 114 Å². The van der Waals surface area contributed by atoms with Gasteiger partial charge in [0.25, 0.3) is 0 Å². The van der Waals surface area contributed by atoms with Crippen molar-refractivity contribution in [3.8, 4) is 0 Å². The van der Waals surface area contributed by atoms with Crippen molar-refractivity contribution in [2.24, 2.45) is 0 Å². The van der Waals surface area contributed by atoms with Crippen LogP contribution in [0.2, 0.25) is 0 Å². The van der Waals surface area contributed by atoms with E-state index in [1.165, 1.54) is 0 Å². The maximum absolute atomic E-state index is 11.9. The summed E-state index contributed by atoms with van der Waals surface area (Å²) in [6.45, 7) is 2.11. The Bertz CT molecular complexity index is 391. The van der Waals surface area contributed by atoms with E-state index < -0.39 is 0 Å². The number of carbonyl (C=O) groups excluding carboxylic acids is 1. The average Bonchev–Trinajstić information content (AvgIpc) is 2.92. The van der Waals surface area contributed by atoms with Gasteiger partial charge >= 0.3 is 6.03 Å². The molecular formula is C14H21N3O2. The van der Waals surface area contributed by atoms with Crippen molar-refractivity contribution in [2.45, 2.75) is 25.4 Å². The van der Waals surface area contributed by atoms with Crippen LogP contribution in [0.5, 0.6) is 0 Å². The number of hydrogen-bond donors (Lipinski definition) is 1. The minimum atomic E-state index is -0.0422. The smallest absolute Gasteiger partial charge is 0.317 e. The molecule has 0 radical (unpaired) electrons. The number of aromatic nitrogens is 1. The molecule has 1 saturated heterocycles. The Balaban J connectivity index is 1.66. The number of likely N-dealkylation sites (N-methyl/N-ethyl adjacent to an activating group) is 1. The standard InChI is InChI=1S/C14H21N3O2/c1-17(11-13-5-3-9-19-13)14(18)16-8-6-12-4-2-7-15-10-12/h2,4,7,10,13H,3,5-6,8-9,11H2,1H3,(H,16,18). The number of nitrogens with zero attached hydrogens (tertiary/aromatic N) is 2. The first-order chi connectivity index (χ1) is 9.25. The molecule has 1 aliphatic heterocycles. The summed E-state index contributed by atoms with van der Waals surface area (Å²) in [5, 5.41) is 2.91. The van der Waals surface area contributed by atoms with Gasteiger partial charge in [-0.15, -0.1) is 0 Å². The van der Waals surface area contributed by atoms with E-state index in [0.29, 0.717) is 13.1 Å². The Hall–Kier alpha value is -1.62. The fourth-order valence-electron chi connectivity index (χ4n) is 2.17. The minimum Gasteiger partial charge on any atom is -0.376 e. The van der Waals surface area contributed by atoms with E-state index in [-0.39, 0.29) is 12.1 Å². The molecule has 2 rings (SSSR count). The highest BCUT2D eigenvalue weighted by molar-refractivity contribution is 5.73. The van der Waals surface area contributed by atoms with Crippen LogP contribution in [-0.2, 0) is 11.2 Å². The van der Waals surface area contributed by atoms with Crippen LogP contribution in [0, 0.1) is 0 Å². The molecule has 0 spiro atoms. The predicted octanol–water partition coefficient (Wildman–Crippen LogP) is 1.44. The summed E-state index contributed by atoms with van der Waals surface area (Å²) in [4.78, 5) is 17.6. The van der Waals surface area contributed by atoms with Gasteiger partial charge in [-0.05, 0) is 30.9 Å². The van der Waals surface area contributed by atoms with E-state index in [4.69, 9.17) is 4.74 Å². The first-order valence-electron chi connectivity index (χ1n) is 6.75. The molecule has 0 bridgehead atoms. The van der Waals surface area contributed by atoms with Crippen LogP contribution in [0.3, 0.4) is 0 Å². The maximum Gasteiger partial charge on any atom is 0.317 e. The molecule has 0 saturated carbocycles. The maximum atomic E-state index is 11.9. The summed E-state index contributed by atoms with van der Waals surface area (Å²) in [5.74, 6) is 0. The molecule has 1 aromatic rings. The number of ether oxygens (including phenoxy) is 1. The zero-order chi connectivity index (χ0) is 13.5. The van der Waals surface area contributed by atoms with Crippen molar-refractivity contribution in [1.82, 2.24) is 15.2 Å². The second-order valence-electron chi connectivity index (χ2n) is 4.86. The summed E-state index contributed by atoms with van der Waals surface area (Å²) in [7, 11) is 1.81. The highest BCUT2D eigenvalue weighted by Crippen LogP contribution is 2.12. The summed E-state index contributed by atoms with van der Waals surface area (Å²) in [5.41, 5.74) is 1.13. The van der Waals surface area contributed by atoms with Gasteiger partial charge in [0.05, 0.1) is 6.10 Å². The van der Waals surface area contributed by atoms with Gasteiger partial charge < -0.3 is 15.0 Å². The van der Waals surface area contributed by atoms with Crippen molar-refractivity contribution >= 4 is 6.03 Å². The molecule has 1 fully saturated rings. The molecule has 1 atom stereocenters. The molecule has 0 aliphatic carbocycles. The summed E-state index contributed by atoms with van der Waals surface area (Å²) < 4.78 is 5.52. The third-order valence-electron chi connectivity index (χ3n) is 3.26. The van der Waals surface area contributed by atoms with E-state index in [1.807, 2.05) is 18.3 Å². The second kappa shape index (κ2) is 7.09. The Morgan fingerprint density at radius 2 is 2.53 bits per heavy atom. The van der Waals surface area contributed by atoms with Crippen LogP contribution in [0.1, 0.15) is 18.4 Å². The molecule has 2 heterocycles. The van der Waals surface area contributed by atoms with Gasteiger partial charge in [-0.2, -0.15) is 0 Å². The van der Waals surface area contributed by atoms with Gasteiger partial charge in [-0.25, -0.2) is 4.79 Å². The molecule has 19 heavy (non-hydrogen) atoms. The van der Waals surface area contributed by atoms with E-state index in [1.54, 1.807) is 18.1 Å². The first-order valence-corrected chi connectivity index (χ1v) is 6.75. The number of pyridine rings is 1. The normalized spacial score (nSPS) is 18.3. The molecule has 104 valence electrons. The number of urea groups is 1. The SMILES string of the molecule is CN(CC1CCCO1)C(=O)NCCc1cccnc1. The fraction of sp³-hybridized carbons (Fsp3) is 0.571. The van der Waals surface area contributed by atoms with Crippen LogP contribution < -0.4 is 5.32 Å². The van der Waals surface area contributed by atoms with Gasteiger partial charge in [-0.1, -0.05) is 6.07 Å². The molecule has 0 aromatic carbocycles. The lowest BCUT2D eigenvalue weighted by molar-refractivity contribution is 0.0875. The number of rotatable bonds is 5. The number of nitrogens with one attached hydrogen (secondary N) is 1.